The summed E-state index contributed by atoms with van der Waals surface area (Å²) >= 11 is 0. The quantitative estimate of drug-likeness (QED) is 0.919. The molecule has 1 atom stereocenters. The van der Waals surface area contributed by atoms with Crippen molar-refractivity contribution in [1.82, 2.24) is 15.3 Å². The van der Waals surface area contributed by atoms with Crippen LogP contribution in [-0.4, -0.2) is 29.0 Å². The van der Waals surface area contributed by atoms with Crippen LogP contribution in [0.5, 0.6) is 5.75 Å². The molecule has 2 heterocycles. The average molecular weight is 351 g/mol. The van der Waals surface area contributed by atoms with Crippen molar-refractivity contribution in [3.63, 3.8) is 0 Å². The van der Waals surface area contributed by atoms with Crippen molar-refractivity contribution in [1.29, 1.82) is 0 Å². The van der Waals surface area contributed by atoms with Crippen LogP contribution in [0.1, 0.15) is 41.2 Å². The zero-order chi connectivity index (χ0) is 17.9. The monoisotopic (exact) mass is 351 g/mol. The molecule has 5 heteroatoms. The summed E-state index contributed by atoms with van der Waals surface area (Å²) in [6.07, 6.45) is 5.49. The van der Waals surface area contributed by atoms with Crippen LogP contribution >= 0.6 is 0 Å². The molecule has 1 N–H and O–H groups in total. The van der Waals surface area contributed by atoms with E-state index in [4.69, 9.17) is 4.74 Å². The maximum absolute atomic E-state index is 12.6. The van der Waals surface area contributed by atoms with Crippen molar-refractivity contribution in [2.45, 2.75) is 45.4 Å². The molecule has 2 aromatic rings. The minimum atomic E-state index is -0.0404. The molecule has 1 aliphatic heterocycles. The second-order valence-electron chi connectivity index (χ2n) is 7.19. The van der Waals surface area contributed by atoms with Crippen molar-refractivity contribution >= 4 is 5.91 Å². The number of hydrogen-bond acceptors (Lipinski definition) is 4. The van der Waals surface area contributed by atoms with Gasteiger partial charge in [0, 0.05) is 30.3 Å². The van der Waals surface area contributed by atoms with Crippen LogP contribution in [0.15, 0.2) is 24.3 Å². The number of carbonyl (C=O) groups excluding carboxylic acids is 1. The van der Waals surface area contributed by atoms with Gasteiger partial charge in [0.1, 0.15) is 11.6 Å². The number of nitrogens with zero attached hydrogens (tertiary/aromatic N) is 2. The Morgan fingerprint density at radius 3 is 3.08 bits per heavy atom. The zero-order valence-electron chi connectivity index (χ0n) is 15.3. The highest BCUT2D eigenvalue weighted by Gasteiger charge is 2.23. The summed E-state index contributed by atoms with van der Waals surface area (Å²) in [6.45, 7) is 3.23. The van der Waals surface area contributed by atoms with Gasteiger partial charge in [-0.05, 0) is 56.2 Å². The average Bonchev–Trinajstić information content (AvgIpc) is 3.00. The summed E-state index contributed by atoms with van der Waals surface area (Å²) in [5.41, 5.74) is 4.75. The van der Waals surface area contributed by atoms with E-state index in [0.29, 0.717) is 19.6 Å². The van der Waals surface area contributed by atoms with Crippen LogP contribution < -0.4 is 10.1 Å². The van der Waals surface area contributed by atoms with Gasteiger partial charge in [-0.25, -0.2) is 9.97 Å². The first-order valence-electron chi connectivity index (χ1n) is 9.54. The van der Waals surface area contributed by atoms with E-state index < -0.39 is 0 Å². The van der Waals surface area contributed by atoms with E-state index in [0.717, 1.165) is 48.5 Å². The van der Waals surface area contributed by atoms with Gasteiger partial charge in [-0.1, -0.05) is 18.2 Å². The third-order valence-electron chi connectivity index (χ3n) is 5.37. The molecule has 1 aromatic heterocycles. The molecule has 1 aliphatic carbocycles. The molecule has 0 saturated heterocycles. The Morgan fingerprint density at radius 2 is 2.15 bits per heavy atom. The SMILES string of the molecule is Cc1nc(CCNC(=O)C2CCOc3ccccc3C2)nc2c1CCC2. The van der Waals surface area contributed by atoms with Crippen LogP contribution in [0.2, 0.25) is 0 Å². The van der Waals surface area contributed by atoms with Gasteiger partial charge in [-0.3, -0.25) is 4.79 Å². The fraction of sp³-hybridized carbons (Fsp3) is 0.476. The van der Waals surface area contributed by atoms with Crippen molar-refractivity contribution in [2.24, 2.45) is 5.92 Å². The van der Waals surface area contributed by atoms with E-state index in [-0.39, 0.29) is 11.8 Å². The number of benzene rings is 1. The van der Waals surface area contributed by atoms with Crippen molar-refractivity contribution in [3.05, 3.63) is 52.6 Å². The lowest BCUT2D eigenvalue weighted by Crippen LogP contribution is -2.33. The van der Waals surface area contributed by atoms with E-state index in [1.807, 2.05) is 24.3 Å². The number of rotatable bonds is 4. The van der Waals surface area contributed by atoms with Crippen molar-refractivity contribution in [2.75, 3.05) is 13.2 Å². The largest absolute Gasteiger partial charge is 0.493 e. The molecule has 1 amide bonds. The van der Waals surface area contributed by atoms with Crippen LogP contribution in [0.4, 0.5) is 0 Å². The van der Waals surface area contributed by atoms with Crippen molar-refractivity contribution < 1.29 is 9.53 Å². The second-order valence-corrected chi connectivity index (χ2v) is 7.19. The molecule has 5 nitrogen and oxygen atoms in total. The first-order valence-corrected chi connectivity index (χ1v) is 9.54. The van der Waals surface area contributed by atoms with Crippen LogP contribution in [0.3, 0.4) is 0 Å². The lowest BCUT2D eigenvalue weighted by molar-refractivity contribution is -0.125. The van der Waals surface area contributed by atoms with Gasteiger partial charge in [0.15, 0.2) is 0 Å². The molecule has 0 bridgehead atoms. The maximum Gasteiger partial charge on any atom is 0.223 e. The molecule has 26 heavy (non-hydrogen) atoms. The molecule has 2 aliphatic rings. The van der Waals surface area contributed by atoms with E-state index >= 15 is 0 Å². The van der Waals surface area contributed by atoms with Gasteiger partial charge in [0.25, 0.3) is 0 Å². The molecule has 1 unspecified atom stereocenters. The minimum Gasteiger partial charge on any atom is -0.493 e. The second kappa shape index (κ2) is 7.44. The highest BCUT2D eigenvalue weighted by Crippen LogP contribution is 2.26. The number of fused-ring (bicyclic) bond motifs is 2. The zero-order valence-corrected chi connectivity index (χ0v) is 15.3. The lowest BCUT2D eigenvalue weighted by atomic mass is 9.96. The van der Waals surface area contributed by atoms with Crippen molar-refractivity contribution in [3.8, 4) is 5.75 Å². The Bertz CT molecular complexity index is 819. The lowest BCUT2D eigenvalue weighted by Gasteiger charge is -2.14. The molecule has 1 aromatic carbocycles. The topological polar surface area (TPSA) is 64.1 Å². The van der Waals surface area contributed by atoms with Gasteiger partial charge in [0.05, 0.1) is 6.61 Å². The molecule has 0 spiro atoms. The first kappa shape index (κ1) is 17.0. The van der Waals surface area contributed by atoms with E-state index in [1.165, 1.54) is 17.7 Å². The van der Waals surface area contributed by atoms with E-state index in [2.05, 4.69) is 22.2 Å². The minimum absolute atomic E-state index is 0.0404. The highest BCUT2D eigenvalue weighted by atomic mass is 16.5. The smallest absolute Gasteiger partial charge is 0.223 e. The summed E-state index contributed by atoms with van der Waals surface area (Å²) in [7, 11) is 0. The predicted molar refractivity (Wildman–Crippen MR) is 99.3 cm³/mol. The number of aromatic nitrogens is 2. The number of para-hydroxylation sites is 1. The third-order valence-corrected chi connectivity index (χ3v) is 5.37. The molecule has 136 valence electrons. The molecule has 0 radical (unpaired) electrons. The maximum atomic E-state index is 12.6. The van der Waals surface area contributed by atoms with Gasteiger partial charge < -0.3 is 10.1 Å². The van der Waals surface area contributed by atoms with Crippen LogP contribution in [-0.2, 0) is 30.5 Å². The number of amides is 1. The predicted octanol–water partition coefficient (Wildman–Crippen LogP) is 2.57. The summed E-state index contributed by atoms with van der Waals surface area (Å²) in [5, 5.41) is 3.07. The summed E-state index contributed by atoms with van der Waals surface area (Å²) in [6, 6.07) is 7.99. The van der Waals surface area contributed by atoms with Gasteiger partial charge >= 0.3 is 0 Å². The Balaban J connectivity index is 1.34. The molecule has 0 saturated carbocycles. The molecular formula is C21H25N3O2. The first-order chi connectivity index (χ1) is 12.7. The molecule has 0 fully saturated rings. The molecule has 4 rings (SSSR count). The summed E-state index contributed by atoms with van der Waals surface area (Å²) in [5.74, 6) is 1.81. The normalized spacial score (nSPS) is 18.4. The number of ether oxygens (including phenoxy) is 1. The van der Waals surface area contributed by atoms with Gasteiger partial charge in [0.2, 0.25) is 5.91 Å². The van der Waals surface area contributed by atoms with Gasteiger partial charge in [-0.2, -0.15) is 0 Å². The van der Waals surface area contributed by atoms with Crippen LogP contribution in [0, 0.1) is 12.8 Å². The highest BCUT2D eigenvalue weighted by molar-refractivity contribution is 5.79. The standard InChI is InChI=1S/C21H25N3O2/c1-14-17-6-4-7-18(17)24-20(23-14)9-11-22-21(25)16-10-12-26-19-8-3-2-5-15(19)13-16/h2-3,5,8,16H,4,6-7,9-13H2,1H3,(H,22,25). The van der Waals surface area contributed by atoms with E-state index in [1.54, 1.807) is 0 Å². The fourth-order valence-electron chi connectivity index (χ4n) is 3.95. The number of nitrogens with one attached hydrogen (secondary N) is 1. The van der Waals surface area contributed by atoms with Gasteiger partial charge in [-0.15, -0.1) is 0 Å². The molecular weight excluding hydrogens is 326 g/mol. The fourth-order valence-corrected chi connectivity index (χ4v) is 3.95. The Labute approximate surface area is 154 Å². The number of aryl methyl sites for hydroxylation is 2. The summed E-state index contributed by atoms with van der Waals surface area (Å²) in [4.78, 5) is 21.9. The Hall–Kier alpha value is -2.43. The van der Waals surface area contributed by atoms with Crippen LogP contribution in [0.25, 0.3) is 0 Å². The Kier molecular flexibility index (Phi) is 4.87. The number of hydrogen-bond donors (Lipinski definition) is 1. The third kappa shape index (κ3) is 3.57. The summed E-state index contributed by atoms with van der Waals surface area (Å²) < 4.78 is 5.76. The number of carbonyl (C=O) groups is 1. The van der Waals surface area contributed by atoms with E-state index in [9.17, 15) is 4.79 Å². The Morgan fingerprint density at radius 1 is 1.27 bits per heavy atom.